The largest absolute Gasteiger partial charge is 0.378 e. The van der Waals surface area contributed by atoms with Crippen molar-refractivity contribution in [1.82, 2.24) is 5.32 Å². The van der Waals surface area contributed by atoms with Gasteiger partial charge in [-0.25, -0.2) is 0 Å². The van der Waals surface area contributed by atoms with Crippen molar-refractivity contribution in [2.24, 2.45) is 0 Å². The normalized spacial score (nSPS) is 23.0. The molecule has 1 heterocycles. The third-order valence-electron chi connectivity index (χ3n) is 2.49. The highest BCUT2D eigenvalue weighted by Gasteiger charge is 2.15. The molecule has 1 atom stereocenters. The lowest BCUT2D eigenvalue weighted by Gasteiger charge is -2.25. The van der Waals surface area contributed by atoms with Gasteiger partial charge in [0.25, 0.3) is 0 Å². The molecule has 0 bridgehead atoms. The number of nitrogens with one attached hydrogen (secondary N) is 1. The average Bonchev–Trinajstić information content (AvgIpc) is 2.20. The lowest BCUT2D eigenvalue weighted by molar-refractivity contribution is 0.0767. The van der Waals surface area contributed by atoms with Crippen LogP contribution in [0.2, 0.25) is 0 Å². The van der Waals surface area contributed by atoms with E-state index in [0.29, 0.717) is 6.04 Å². The van der Waals surface area contributed by atoms with E-state index in [0.717, 1.165) is 19.8 Å². The van der Waals surface area contributed by atoms with Gasteiger partial charge in [-0.15, -0.1) is 0 Å². The second kappa shape index (κ2) is 3.90. The molecule has 1 aromatic rings. The molecule has 1 aliphatic heterocycles. The van der Waals surface area contributed by atoms with Crippen LogP contribution in [-0.2, 0) is 4.74 Å². The van der Waals surface area contributed by atoms with Gasteiger partial charge in [0.2, 0.25) is 0 Å². The number of ether oxygens (including phenoxy) is 1. The van der Waals surface area contributed by atoms with Gasteiger partial charge < -0.3 is 10.1 Å². The van der Waals surface area contributed by atoms with Gasteiger partial charge in [-0.2, -0.15) is 0 Å². The number of hydrogen-bond acceptors (Lipinski definition) is 2. The predicted molar refractivity (Wildman–Crippen MR) is 52.7 cm³/mol. The molecule has 1 aliphatic rings. The Morgan fingerprint density at radius 2 is 2.23 bits per heavy atom. The molecule has 1 saturated heterocycles. The van der Waals surface area contributed by atoms with E-state index in [1.165, 1.54) is 11.1 Å². The van der Waals surface area contributed by atoms with Crippen LogP contribution in [0.1, 0.15) is 17.2 Å². The fourth-order valence-electron chi connectivity index (χ4n) is 1.74. The van der Waals surface area contributed by atoms with Gasteiger partial charge in [-0.3, -0.25) is 0 Å². The van der Waals surface area contributed by atoms with Crippen molar-refractivity contribution in [2.45, 2.75) is 13.0 Å². The topological polar surface area (TPSA) is 21.3 Å². The highest BCUT2D eigenvalue weighted by atomic mass is 16.5. The molecule has 0 saturated carbocycles. The fourth-order valence-corrected chi connectivity index (χ4v) is 1.74. The van der Waals surface area contributed by atoms with Gasteiger partial charge in [0, 0.05) is 6.54 Å². The summed E-state index contributed by atoms with van der Waals surface area (Å²) in [5.41, 5.74) is 2.70. The van der Waals surface area contributed by atoms with E-state index in [-0.39, 0.29) is 0 Å². The molecule has 0 amide bonds. The van der Waals surface area contributed by atoms with Crippen molar-refractivity contribution in [1.29, 1.82) is 0 Å². The second-order valence-corrected chi connectivity index (χ2v) is 3.44. The zero-order valence-electron chi connectivity index (χ0n) is 7.92. The standard InChI is InChI=1S/C11H15NO/c1-9-4-2-3-5-10(9)11-8-13-7-6-12-11/h2-5,11-12H,6-8H2,1H3/t11-/m0/s1. The minimum atomic E-state index is 0.384. The first-order chi connectivity index (χ1) is 6.38. The Hall–Kier alpha value is -0.860. The number of rotatable bonds is 1. The third-order valence-corrected chi connectivity index (χ3v) is 2.49. The molecule has 0 radical (unpaired) electrons. The predicted octanol–water partition coefficient (Wildman–Crippen LogP) is 1.66. The Kier molecular flexibility index (Phi) is 2.62. The Balaban J connectivity index is 2.18. The summed E-state index contributed by atoms with van der Waals surface area (Å²) >= 11 is 0. The van der Waals surface area contributed by atoms with E-state index in [1.807, 2.05) is 0 Å². The van der Waals surface area contributed by atoms with Crippen molar-refractivity contribution in [3.63, 3.8) is 0 Å². The number of hydrogen-bond donors (Lipinski definition) is 1. The highest BCUT2D eigenvalue weighted by molar-refractivity contribution is 5.28. The van der Waals surface area contributed by atoms with Crippen molar-refractivity contribution >= 4 is 0 Å². The van der Waals surface area contributed by atoms with Gasteiger partial charge >= 0.3 is 0 Å². The van der Waals surface area contributed by atoms with Gasteiger partial charge in [0.1, 0.15) is 0 Å². The summed E-state index contributed by atoms with van der Waals surface area (Å²) in [7, 11) is 0. The van der Waals surface area contributed by atoms with Crippen LogP contribution in [0.25, 0.3) is 0 Å². The van der Waals surface area contributed by atoms with Gasteiger partial charge in [0.15, 0.2) is 0 Å². The van der Waals surface area contributed by atoms with E-state index < -0.39 is 0 Å². The van der Waals surface area contributed by atoms with Gasteiger partial charge in [-0.05, 0) is 18.1 Å². The zero-order valence-corrected chi connectivity index (χ0v) is 7.92. The summed E-state index contributed by atoms with van der Waals surface area (Å²) in [6.45, 7) is 4.73. The lowest BCUT2D eigenvalue weighted by Crippen LogP contribution is -2.34. The first kappa shape index (κ1) is 8.73. The third kappa shape index (κ3) is 1.90. The van der Waals surface area contributed by atoms with Crippen molar-refractivity contribution in [3.05, 3.63) is 35.4 Å². The molecule has 0 aromatic heterocycles. The van der Waals surface area contributed by atoms with Crippen LogP contribution >= 0.6 is 0 Å². The summed E-state index contributed by atoms with van der Waals surface area (Å²) in [6.07, 6.45) is 0. The van der Waals surface area contributed by atoms with Gasteiger partial charge in [0.05, 0.1) is 19.3 Å². The van der Waals surface area contributed by atoms with Crippen molar-refractivity contribution in [3.8, 4) is 0 Å². The molecule has 70 valence electrons. The number of morpholine rings is 1. The first-order valence-corrected chi connectivity index (χ1v) is 4.74. The minimum absolute atomic E-state index is 0.384. The number of aryl methyl sites for hydroxylation is 1. The van der Waals surface area contributed by atoms with Crippen molar-refractivity contribution < 1.29 is 4.74 Å². The second-order valence-electron chi connectivity index (χ2n) is 3.44. The summed E-state index contributed by atoms with van der Waals surface area (Å²) in [6, 6.07) is 8.85. The van der Waals surface area contributed by atoms with E-state index in [2.05, 4.69) is 36.5 Å². The van der Waals surface area contributed by atoms with Crippen LogP contribution in [0, 0.1) is 6.92 Å². The Bertz CT molecular complexity index is 279. The summed E-state index contributed by atoms with van der Waals surface area (Å²) in [5.74, 6) is 0. The van der Waals surface area contributed by atoms with E-state index >= 15 is 0 Å². The molecule has 1 aromatic carbocycles. The first-order valence-electron chi connectivity index (χ1n) is 4.74. The molecule has 0 aliphatic carbocycles. The Morgan fingerprint density at radius 1 is 1.38 bits per heavy atom. The molecule has 2 nitrogen and oxygen atoms in total. The van der Waals surface area contributed by atoms with Crippen LogP contribution in [-0.4, -0.2) is 19.8 Å². The van der Waals surface area contributed by atoms with Crippen LogP contribution in [0.5, 0.6) is 0 Å². The average molecular weight is 177 g/mol. The van der Waals surface area contributed by atoms with E-state index in [1.54, 1.807) is 0 Å². The van der Waals surface area contributed by atoms with Crippen LogP contribution < -0.4 is 5.32 Å². The zero-order chi connectivity index (χ0) is 9.10. The quantitative estimate of drug-likeness (QED) is 0.704. The maximum atomic E-state index is 5.43. The fraction of sp³-hybridized carbons (Fsp3) is 0.455. The lowest BCUT2D eigenvalue weighted by atomic mass is 10.0. The van der Waals surface area contributed by atoms with Gasteiger partial charge in [-0.1, -0.05) is 24.3 Å². The monoisotopic (exact) mass is 177 g/mol. The molecule has 1 fully saturated rings. The molecule has 0 unspecified atom stereocenters. The number of benzene rings is 1. The maximum Gasteiger partial charge on any atom is 0.0662 e. The molecule has 2 rings (SSSR count). The molecular weight excluding hydrogens is 162 g/mol. The summed E-state index contributed by atoms with van der Waals surface area (Å²) in [4.78, 5) is 0. The smallest absolute Gasteiger partial charge is 0.0662 e. The van der Waals surface area contributed by atoms with E-state index in [9.17, 15) is 0 Å². The molecule has 1 N–H and O–H groups in total. The molecular formula is C11H15NO. The van der Waals surface area contributed by atoms with Crippen LogP contribution in [0.3, 0.4) is 0 Å². The SMILES string of the molecule is Cc1ccccc1[C@@H]1COCCN1. The molecule has 0 spiro atoms. The Labute approximate surface area is 78.9 Å². The summed E-state index contributed by atoms with van der Waals surface area (Å²) < 4.78 is 5.43. The van der Waals surface area contributed by atoms with Crippen molar-refractivity contribution in [2.75, 3.05) is 19.8 Å². The Morgan fingerprint density at radius 3 is 2.92 bits per heavy atom. The molecule has 2 heteroatoms. The molecule has 13 heavy (non-hydrogen) atoms. The maximum absolute atomic E-state index is 5.43. The van der Waals surface area contributed by atoms with Crippen LogP contribution in [0.15, 0.2) is 24.3 Å². The van der Waals surface area contributed by atoms with E-state index in [4.69, 9.17) is 4.74 Å². The summed E-state index contributed by atoms with van der Waals surface area (Å²) in [5, 5.41) is 3.45. The highest BCUT2D eigenvalue weighted by Crippen LogP contribution is 2.18. The minimum Gasteiger partial charge on any atom is -0.378 e. The van der Waals surface area contributed by atoms with Crippen LogP contribution in [0.4, 0.5) is 0 Å².